The highest BCUT2D eigenvalue weighted by atomic mass is 19.1. The number of hydrogen-bond acceptors (Lipinski definition) is 4. The Bertz CT molecular complexity index is 2610. The molecule has 52 heavy (non-hydrogen) atoms. The van der Waals surface area contributed by atoms with E-state index in [4.69, 9.17) is 9.72 Å². The Hall–Kier alpha value is -6.40. The molecule has 0 atom stereocenters. The molecule has 0 bridgehead atoms. The predicted octanol–water partition coefficient (Wildman–Crippen LogP) is 12.5. The van der Waals surface area contributed by atoms with Gasteiger partial charge in [-0.25, -0.2) is 9.37 Å². The minimum absolute atomic E-state index is 0.250. The van der Waals surface area contributed by atoms with Gasteiger partial charge in [-0.3, -0.25) is 4.57 Å². The van der Waals surface area contributed by atoms with Crippen LogP contribution in [0.5, 0.6) is 11.5 Å². The lowest BCUT2D eigenvalue weighted by atomic mass is 9.99. The number of aromatic nitrogens is 2. The second kappa shape index (κ2) is 12.7. The second-order valence-corrected chi connectivity index (χ2v) is 13.7. The standard InChI is InChI=1S/C46H37FN4O/c1-30(2)32-22-23-48-46(26-32)51-42-13-7-6-12-40(42)41-21-20-37(28-45(41)51)52-38-25-33(39-11-5-4-10-31(39)3)24-36(27-38)50-29-49(35-18-16-34(47)17-19-35)43-14-8-9-15-44(43)50/h4-28,30H,29H2,1-3H3. The van der Waals surface area contributed by atoms with Crippen molar-refractivity contribution < 1.29 is 9.13 Å². The Morgan fingerprint density at radius 3 is 2.13 bits per heavy atom. The molecule has 254 valence electrons. The number of nitrogens with zero attached hydrogens (tertiary/aromatic N) is 4. The molecule has 1 aliphatic heterocycles. The summed E-state index contributed by atoms with van der Waals surface area (Å²) in [5, 5.41) is 2.31. The molecule has 1 aliphatic rings. The second-order valence-electron chi connectivity index (χ2n) is 13.7. The zero-order valence-electron chi connectivity index (χ0n) is 29.3. The Labute approximate surface area is 302 Å². The summed E-state index contributed by atoms with van der Waals surface area (Å²) in [4.78, 5) is 9.34. The largest absolute Gasteiger partial charge is 0.457 e. The van der Waals surface area contributed by atoms with E-state index in [2.05, 4.69) is 150 Å². The van der Waals surface area contributed by atoms with E-state index >= 15 is 0 Å². The minimum atomic E-state index is -0.250. The number of para-hydroxylation sites is 3. The summed E-state index contributed by atoms with van der Waals surface area (Å²) in [6, 6.07) is 49.0. The van der Waals surface area contributed by atoms with Crippen molar-refractivity contribution >= 4 is 44.6 Å². The van der Waals surface area contributed by atoms with Crippen LogP contribution >= 0.6 is 0 Å². The van der Waals surface area contributed by atoms with Gasteiger partial charge in [0.15, 0.2) is 0 Å². The summed E-state index contributed by atoms with van der Waals surface area (Å²) >= 11 is 0. The van der Waals surface area contributed by atoms with Crippen molar-refractivity contribution in [3.63, 3.8) is 0 Å². The average Bonchev–Trinajstić information content (AvgIpc) is 3.71. The van der Waals surface area contributed by atoms with Crippen molar-refractivity contribution in [2.75, 3.05) is 16.5 Å². The molecule has 0 spiro atoms. The maximum atomic E-state index is 13.9. The third kappa shape index (κ3) is 5.53. The van der Waals surface area contributed by atoms with Gasteiger partial charge < -0.3 is 14.5 Å². The van der Waals surface area contributed by atoms with Gasteiger partial charge in [-0.05, 0) is 114 Å². The number of halogens is 1. The lowest BCUT2D eigenvalue weighted by Gasteiger charge is -2.23. The average molecular weight is 681 g/mol. The minimum Gasteiger partial charge on any atom is -0.457 e. The fraction of sp³-hybridized carbons (Fsp3) is 0.109. The van der Waals surface area contributed by atoms with E-state index in [9.17, 15) is 4.39 Å². The molecule has 0 aliphatic carbocycles. The van der Waals surface area contributed by atoms with Gasteiger partial charge in [0.25, 0.3) is 0 Å². The fourth-order valence-corrected chi connectivity index (χ4v) is 7.44. The van der Waals surface area contributed by atoms with Crippen LogP contribution in [-0.2, 0) is 0 Å². The van der Waals surface area contributed by atoms with E-state index in [1.807, 2.05) is 24.4 Å². The first-order valence-corrected chi connectivity index (χ1v) is 17.7. The van der Waals surface area contributed by atoms with Crippen LogP contribution in [0.1, 0.15) is 30.9 Å². The molecule has 3 heterocycles. The quantitative estimate of drug-likeness (QED) is 0.168. The highest BCUT2D eigenvalue weighted by Gasteiger charge is 2.28. The smallest absolute Gasteiger partial charge is 0.137 e. The molecular weight excluding hydrogens is 644 g/mol. The summed E-state index contributed by atoms with van der Waals surface area (Å²) in [6.07, 6.45) is 1.90. The van der Waals surface area contributed by atoms with Crippen molar-refractivity contribution in [2.45, 2.75) is 26.7 Å². The van der Waals surface area contributed by atoms with Gasteiger partial charge in [0.2, 0.25) is 0 Å². The zero-order chi connectivity index (χ0) is 35.3. The van der Waals surface area contributed by atoms with E-state index < -0.39 is 0 Å². The number of rotatable bonds is 7. The molecule has 0 radical (unpaired) electrons. The summed E-state index contributed by atoms with van der Waals surface area (Å²) in [6.45, 7) is 7.11. The maximum Gasteiger partial charge on any atom is 0.137 e. The first-order chi connectivity index (χ1) is 25.4. The molecule has 0 unspecified atom stereocenters. The van der Waals surface area contributed by atoms with Crippen LogP contribution in [0.4, 0.5) is 27.1 Å². The van der Waals surface area contributed by atoms with Gasteiger partial charge in [-0.1, -0.05) is 68.4 Å². The molecule has 2 aromatic heterocycles. The van der Waals surface area contributed by atoms with Gasteiger partial charge in [0, 0.05) is 40.5 Å². The van der Waals surface area contributed by atoms with E-state index in [0.29, 0.717) is 12.6 Å². The molecule has 0 N–H and O–H groups in total. The highest BCUT2D eigenvalue weighted by Crippen LogP contribution is 2.46. The maximum absolute atomic E-state index is 13.9. The van der Waals surface area contributed by atoms with Crippen molar-refractivity contribution in [2.24, 2.45) is 0 Å². The number of ether oxygens (including phenoxy) is 1. The normalized spacial score (nSPS) is 12.6. The van der Waals surface area contributed by atoms with E-state index in [1.165, 1.54) is 28.6 Å². The van der Waals surface area contributed by atoms with Crippen LogP contribution in [0.15, 0.2) is 152 Å². The number of pyridine rings is 1. The molecular formula is C46H37FN4O. The van der Waals surface area contributed by atoms with Crippen molar-refractivity contribution in [3.05, 3.63) is 169 Å². The third-order valence-electron chi connectivity index (χ3n) is 10.1. The monoisotopic (exact) mass is 680 g/mol. The molecule has 0 amide bonds. The SMILES string of the molecule is Cc1ccccc1-c1cc(Oc2ccc3c4ccccc4n(-c4cc(C(C)C)ccn4)c3c2)cc(N2CN(c3ccc(F)cc3)c3ccccc32)c1. The Kier molecular flexibility index (Phi) is 7.73. The summed E-state index contributed by atoms with van der Waals surface area (Å²) < 4.78 is 23.0. The van der Waals surface area contributed by atoms with Crippen LogP contribution in [-0.4, -0.2) is 16.2 Å². The first kappa shape index (κ1) is 31.6. The van der Waals surface area contributed by atoms with Gasteiger partial charge in [0.05, 0.1) is 22.4 Å². The van der Waals surface area contributed by atoms with Crippen molar-refractivity contribution in [1.29, 1.82) is 0 Å². The molecule has 0 saturated heterocycles. The Morgan fingerprint density at radius 2 is 1.35 bits per heavy atom. The zero-order valence-corrected chi connectivity index (χ0v) is 29.3. The molecule has 9 rings (SSSR count). The molecule has 0 saturated carbocycles. The fourth-order valence-electron chi connectivity index (χ4n) is 7.44. The Morgan fingerprint density at radius 1 is 0.635 bits per heavy atom. The lowest BCUT2D eigenvalue weighted by Crippen LogP contribution is -2.24. The summed E-state index contributed by atoms with van der Waals surface area (Å²) in [5.74, 6) is 2.49. The molecule has 0 fully saturated rings. The molecule has 5 nitrogen and oxygen atoms in total. The van der Waals surface area contributed by atoms with Gasteiger partial charge in [0.1, 0.15) is 29.8 Å². The van der Waals surface area contributed by atoms with Crippen LogP contribution in [0.25, 0.3) is 38.8 Å². The first-order valence-electron chi connectivity index (χ1n) is 17.7. The predicted molar refractivity (Wildman–Crippen MR) is 211 cm³/mol. The van der Waals surface area contributed by atoms with Crippen LogP contribution in [0.3, 0.4) is 0 Å². The van der Waals surface area contributed by atoms with E-state index in [0.717, 1.165) is 67.6 Å². The van der Waals surface area contributed by atoms with Crippen molar-refractivity contribution in [1.82, 2.24) is 9.55 Å². The molecule has 8 aromatic rings. The van der Waals surface area contributed by atoms with Crippen LogP contribution < -0.4 is 14.5 Å². The van der Waals surface area contributed by atoms with Crippen LogP contribution in [0.2, 0.25) is 0 Å². The Balaban J connectivity index is 1.17. The number of hydrogen-bond donors (Lipinski definition) is 0. The number of benzene rings is 6. The molecule has 6 heteroatoms. The van der Waals surface area contributed by atoms with Gasteiger partial charge in [-0.2, -0.15) is 0 Å². The summed E-state index contributed by atoms with van der Waals surface area (Å²) in [7, 11) is 0. The van der Waals surface area contributed by atoms with Crippen molar-refractivity contribution in [3.8, 4) is 28.4 Å². The van der Waals surface area contributed by atoms with Gasteiger partial charge in [-0.15, -0.1) is 0 Å². The van der Waals surface area contributed by atoms with E-state index in [-0.39, 0.29) is 5.82 Å². The number of anilines is 4. The third-order valence-corrected chi connectivity index (χ3v) is 10.1. The topological polar surface area (TPSA) is 33.5 Å². The lowest BCUT2D eigenvalue weighted by molar-refractivity contribution is 0.483. The van der Waals surface area contributed by atoms with E-state index in [1.54, 1.807) is 0 Å². The van der Waals surface area contributed by atoms with Crippen LogP contribution in [0, 0.1) is 12.7 Å². The number of aryl methyl sites for hydroxylation is 1. The van der Waals surface area contributed by atoms with Gasteiger partial charge >= 0.3 is 0 Å². The summed E-state index contributed by atoms with van der Waals surface area (Å²) in [5.41, 5.74) is 10.8. The number of fused-ring (bicyclic) bond motifs is 4. The molecule has 6 aromatic carbocycles. The highest BCUT2D eigenvalue weighted by molar-refractivity contribution is 6.09.